The number of aryl methyl sites for hydroxylation is 2. The lowest BCUT2D eigenvalue weighted by Crippen LogP contribution is -2.32. The maximum Gasteiger partial charge on any atom is 0.264 e. The monoisotopic (exact) mass is 417 g/mol. The first-order chi connectivity index (χ1) is 14.3. The van der Waals surface area contributed by atoms with Crippen LogP contribution in [-0.2, 0) is 10.0 Å². The van der Waals surface area contributed by atoms with E-state index in [1.165, 1.54) is 4.31 Å². The number of benzene rings is 3. The van der Waals surface area contributed by atoms with Crippen LogP contribution in [0.4, 0.5) is 5.69 Å². The van der Waals surface area contributed by atoms with E-state index in [1.54, 1.807) is 18.2 Å². The van der Waals surface area contributed by atoms with Gasteiger partial charge in [0, 0.05) is 12.1 Å². The molecule has 0 N–H and O–H groups in total. The number of sulfonamides is 1. The molecular weight excluding hydrogens is 390 g/mol. The molecule has 0 radical (unpaired) electrons. The molecule has 0 spiro atoms. The molecule has 3 rings (SSSR count). The third-order valence-electron chi connectivity index (χ3n) is 5.01. The Kier molecular flexibility index (Phi) is 6.58. The van der Waals surface area contributed by atoms with Gasteiger partial charge in [0.2, 0.25) is 0 Å². The van der Waals surface area contributed by atoms with Crippen LogP contribution in [0.15, 0.2) is 96.9 Å². The fourth-order valence-corrected chi connectivity index (χ4v) is 4.80. The molecule has 0 fully saturated rings. The second-order valence-corrected chi connectivity index (χ2v) is 9.20. The zero-order valence-electron chi connectivity index (χ0n) is 17.5. The molecule has 3 aromatic carbocycles. The number of hydrogen-bond acceptors (Lipinski definition) is 2. The summed E-state index contributed by atoms with van der Waals surface area (Å²) in [7, 11) is -3.75. The Morgan fingerprint density at radius 3 is 2.20 bits per heavy atom. The summed E-state index contributed by atoms with van der Waals surface area (Å²) >= 11 is 0. The smallest absolute Gasteiger partial charge is 0.264 e. The van der Waals surface area contributed by atoms with Crippen LogP contribution in [0, 0.1) is 13.8 Å². The van der Waals surface area contributed by atoms with Crippen LogP contribution in [0.25, 0.3) is 5.57 Å². The van der Waals surface area contributed by atoms with E-state index in [1.807, 2.05) is 74.5 Å². The van der Waals surface area contributed by atoms with E-state index in [4.69, 9.17) is 0 Å². The average molecular weight is 418 g/mol. The summed E-state index contributed by atoms with van der Waals surface area (Å²) in [6, 6.07) is 22.6. The molecule has 0 aromatic heterocycles. The lowest BCUT2D eigenvalue weighted by molar-refractivity contribution is 0.591. The highest BCUT2D eigenvalue weighted by atomic mass is 32.2. The Morgan fingerprint density at radius 1 is 0.933 bits per heavy atom. The standard InChI is InChI=1S/C26H27NO2S/c1-5-6-18-27(30(28,29)24-15-12-20(2)13-16-24)26-19-21(3)14-17-25(26)22(4)23-10-8-7-9-11-23/h5,7-17,19H,1,4,6,18H2,2-3H3. The number of hydrogen-bond donors (Lipinski definition) is 0. The first-order valence-corrected chi connectivity index (χ1v) is 11.3. The van der Waals surface area contributed by atoms with Crippen LogP contribution < -0.4 is 4.31 Å². The second kappa shape index (κ2) is 9.14. The second-order valence-electron chi connectivity index (χ2n) is 7.33. The summed E-state index contributed by atoms with van der Waals surface area (Å²) in [4.78, 5) is 0.273. The molecule has 3 aromatic rings. The van der Waals surface area contributed by atoms with Gasteiger partial charge in [-0.1, -0.05) is 72.8 Å². The zero-order valence-corrected chi connectivity index (χ0v) is 18.3. The number of nitrogens with zero attached hydrogens (tertiary/aromatic N) is 1. The van der Waals surface area contributed by atoms with Gasteiger partial charge in [-0.15, -0.1) is 6.58 Å². The van der Waals surface area contributed by atoms with Crippen molar-refractivity contribution in [1.82, 2.24) is 0 Å². The quantitative estimate of drug-likeness (QED) is 0.413. The molecular formula is C26H27NO2S. The van der Waals surface area contributed by atoms with Gasteiger partial charge in [-0.3, -0.25) is 4.31 Å². The predicted molar refractivity (Wildman–Crippen MR) is 126 cm³/mol. The van der Waals surface area contributed by atoms with Crippen LogP contribution >= 0.6 is 0 Å². The summed E-state index contributed by atoms with van der Waals surface area (Å²) in [5.41, 5.74) is 5.17. The van der Waals surface area contributed by atoms with Crippen LogP contribution in [0.1, 0.15) is 28.7 Å². The van der Waals surface area contributed by atoms with Crippen molar-refractivity contribution >= 4 is 21.3 Å². The van der Waals surface area contributed by atoms with Crippen molar-refractivity contribution in [1.29, 1.82) is 0 Å². The first-order valence-electron chi connectivity index (χ1n) is 9.90. The SMILES string of the molecule is C=CCCN(c1cc(C)ccc1C(=C)c1ccccc1)S(=O)(=O)c1ccc(C)cc1. The van der Waals surface area contributed by atoms with E-state index in [2.05, 4.69) is 13.2 Å². The molecule has 0 saturated carbocycles. The van der Waals surface area contributed by atoms with E-state index in [0.717, 1.165) is 27.8 Å². The minimum Gasteiger partial charge on any atom is -0.265 e. The fraction of sp³-hybridized carbons (Fsp3) is 0.154. The number of rotatable bonds is 8. The third-order valence-corrected chi connectivity index (χ3v) is 6.84. The van der Waals surface area contributed by atoms with Crippen molar-refractivity contribution in [2.75, 3.05) is 10.8 Å². The summed E-state index contributed by atoms with van der Waals surface area (Å²) in [6.07, 6.45) is 2.27. The maximum atomic E-state index is 13.6. The summed E-state index contributed by atoms with van der Waals surface area (Å²) in [5.74, 6) is 0. The molecule has 154 valence electrons. The van der Waals surface area contributed by atoms with Crippen LogP contribution in [0.5, 0.6) is 0 Å². The maximum absolute atomic E-state index is 13.6. The minimum absolute atomic E-state index is 0.273. The normalized spacial score (nSPS) is 11.1. The van der Waals surface area contributed by atoms with Gasteiger partial charge in [0.25, 0.3) is 10.0 Å². The number of anilines is 1. The fourth-order valence-electron chi connectivity index (χ4n) is 3.31. The highest BCUT2D eigenvalue weighted by Crippen LogP contribution is 2.35. The highest BCUT2D eigenvalue weighted by Gasteiger charge is 2.27. The minimum atomic E-state index is -3.75. The topological polar surface area (TPSA) is 37.4 Å². The molecule has 30 heavy (non-hydrogen) atoms. The van der Waals surface area contributed by atoms with Crippen LogP contribution in [-0.4, -0.2) is 15.0 Å². The van der Waals surface area contributed by atoms with Gasteiger partial charge in [0.15, 0.2) is 0 Å². The van der Waals surface area contributed by atoms with Gasteiger partial charge in [0.1, 0.15) is 0 Å². The summed E-state index contributed by atoms with van der Waals surface area (Å²) in [5, 5.41) is 0. The van der Waals surface area contributed by atoms with Gasteiger partial charge in [-0.05, 0) is 55.2 Å². The molecule has 3 nitrogen and oxygen atoms in total. The van der Waals surface area contributed by atoms with Crippen molar-refractivity contribution in [3.63, 3.8) is 0 Å². The molecule has 0 aliphatic heterocycles. The van der Waals surface area contributed by atoms with Gasteiger partial charge in [0.05, 0.1) is 10.6 Å². The largest absolute Gasteiger partial charge is 0.265 e. The van der Waals surface area contributed by atoms with Crippen molar-refractivity contribution in [2.24, 2.45) is 0 Å². The first kappa shape index (κ1) is 21.6. The van der Waals surface area contributed by atoms with E-state index < -0.39 is 10.0 Å². The molecule has 0 amide bonds. The van der Waals surface area contributed by atoms with E-state index >= 15 is 0 Å². The van der Waals surface area contributed by atoms with E-state index in [0.29, 0.717) is 18.7 Å². The predicted octanol–water partition coefficient (Wildman–Crippen LogP) is 6.14. The van der Waals surface area contributed by atoms with Crippen molar-refractivity contribution in [3.8, 4) is 0 Å². The molecule has 0 saturated heterocycles. The summed E-state index contributed by atoms with van der Waals surface area (Å²) < 4.78 is 28.8. The van der Waals surface area contributed by atoms with Gasteiger partial charge >= 0.3 is 0 Å². The van der Waals surface area contributed by atoms with Gasteiger partial charge in [-0.2, -0.15) is 0 Å². The highest BCUT2D eigenvalue weighted by molar-refractivity contribution is 7.92. The van der Waals surface area contributed by atoms with Crippen molar-refractivity contribution in [2.45, 2.75) is 25.2 Å². The lowest BCUT2D eigenvalue weighted by Gasteiger charge is -2.27. The summed E-state index contributed by atoms with van der Waals surface area (Å²) in [6.45, 7) is 12.3. The molecule has 0 heterocycles. The molecule has 0 atom stereocenters. The van der Waals surface area contributed by atoms with E-state index in [9.17, 15) is 8.42 Å². The zero-order chi connectivity index (χ0) is 21.7. The van der Waals surface area contributed by atoms with Crippen molar-refractivity contribution in [3.05, 3.63) is 114 Å². The molecule has 0 unspecified atom stereocenters. The van der Waals surface area contributed by atoms with Crippen LogP contribution in [0.3, 0.4) is 0 Å². The Hall–Kier alpha value is -3.11. The lowest BCUT2D eigenvalue weighted by atomic mass is 9.97. The Labute approximate surface area is 180 Å². The third kappa shape index (κ3) is 4.55. The Morgan fingerprint density at radius 2 is 1.57 bits per heavy atom. The average Bonchev–Trinajstić information content (AvgIpc) is 2.74. The molecule has 0 aliphatic carbocycles. The van der Waals surface area contributed by atoms with Gasteiger partial charge in [-0.25, -0.2) is 8.42 Å². The molecule has 4 heteroatoms. The van der Waals surface area contributed by atoms with Gasteiger partial charge < -0.3 is 0 Å². The van der Waals surface area contributed by atoms with Crippen LogP contribution in [0.2, 0.25) is 0 Å². The molecule has 0 bridgehead atoms. The Balaban J connectivity index is 2.17. The van der Waals surface area contributed by atoms with Crippen molar-refractivity contribution < 1.29 is 8.42 Å². The van der Waals surface area contributed by atoms with E-state index in [-0.39, 0.29) is 4.90 Å². The Bertz CT molecular complexity index is 1150. The molecule has 0 aliphatic rings.